The number of thioether (sulfide) groups is 1. The highest BCUT2D eigenvalue weighted by Crippen LogP contribution is 2.25. The van der Waals surface area contributed by atoms with Gasteiger partial charge in [0.2, 0.25) is 5.91 Å². The summed E-state index contributed by atoms with van der Waals surface area (Å²) in [6, 6.07) is 21.8. The summed E-state index contributed by atoms with van der Waals surface area (Å²) in [7, 11) is 1.58. The predicted octanol–water partition coefficient (Wildman–Crippen LogP) is 4.49. The van der Waals surface area contributed by atoms with Crippen molar-refractivity contribution in [2.75, 3.05) is 34.7 Å². The fourth-order valence-electron chi connectivity index (χ4n) is 3.44. The number of nitrogens with one attached hydrogen (secondary N) is 3. The number of carbonyl (C=O) groups excluding carboxylic acids is 3. The summed E-state index contributed by atoms with van der Waals surface area (Å²) < 4.78 is 5.13. The molecule has 0 aromatic heterocycles. The van der Waals surface area contributed by atoms with Crippen LogP contribution in [0.15, 0.2) is 78.9 Å². The topological polar surface area (TPSA) is 99.8 Å². The van der Waals surface area contributed by atoms with Crippen LogP contribution in [-0.2, 0) is 4.79 Å². The van der Waals surface area contributed by atoms with E-state index in [1.165, 1.54) is 11.8 Å². The molecule has 0 saturated carbocycles. The third-order valence-corrected chi connectivity index (χ3v) is 6.24. The van der Waals surface area contributed by atoms with Crippen LogP contribution in [0.3, 0.4) is 0 Å². The van der Waals surface area contributed by atoms with E-state index in [9.17, 15) is 14.4 Å². The lowest BCUT2D eigenvalue weighted by molar-refractivity contribution is -0.119. The average Bonchev–Trinajstić information content (AvgIpc) is 3.35. The van der Waals surface area contributed by atoms with Crippen LogP contribution in [0.4, 0.5) is 21.9 Å². The fourth-order valence-corrected chi connectivity index (χ4v) is 4.59. The van der Waals surface area contributed by atoms with Crippen molar-refractivity contribution in [3.8, 4) is 5.75 Å². The summed E-state index contributed by atoms with van der Waals surface area (Å²) in [5, 5.41) is 8.34. The van der Waals surface area contributed by atoms with E-state index in [0.717, 1.165) is 0 Å². The Kier molecular flexibility index (Phi) is 7.34. The number of urea groups is 1. The molecule has 0 aliphatic carbocycles. The van der Waals surface area contributed by atoms with E-state index in [1.807, 2.05) is 18.2 Å². The maximum Gasteiger partial charge on any atom is 0.323 e. The van der Waals surface area contributed by atoms with Gasteiger partial charge in [-0.05, 0) is 60.7 Å². The van der Waals surface area contributed by atoms with E-state index in [2.05, 4.69) is 16.0 Å². The number of nitrogens with zero attached hydrogens (tertiary/aromatic N) is 1. The quantitative estimate of drug-likeness (QED) is 0.487. The number of amides is 4. The minimum absolute atomic E-state index is 0.236. The van der Waals surface area contributed by atoms with E-state index in [-0.39, 0.29) is 17.8 Å². The maximum absolute atomic E-state index is 13.1. The Morgan fingerprint density at radius 3 is 2.06 bits per heavy atom. The van der Waals surface area contributed by atoms with Crippen molar-refractivity contribution in [1.82, 2.24) is 4.90 Å². The summed E-state index contributed by atoms with van der Waals surface area (Å²) in [5.41, 5.74) is 2.31. The van der Waals surface area contributed by atoms with Crippen LogP contribution in [0.5, 0.6) is 5.75 Å². The van der Waals surface area contributed by atoms with Gasteiger partial charge in [0.25, 0.3) is 5.91 Å². The van der Waals surface area contributed by atoms with Crippen molar-refractivity contribution in [1.29, 1.82) is 0 Å². The highest BCUT2D eigenvalue weighted by atomic mass is 32.2. The van der Waals surface area contributed by atoms with Crippen molar-refractivity contribution in [3.63, 3.8) is 0 Å². The number of ether oxygens (including phenoxy) is 1. The Hall–Kier alpha value is -3.98. The molecule has 1 aliphatic rings. The molecule has 1 fully saturated rings. The lowest BCUT2D eigenvalue weighted by Gasteiger charge is -2.23. The van der Waals surface area contributed by atoms with E-state index in [1.54, 1.807) is 72.7 Å². The molecule has 0 bridgehead atoms. The Bertz CT molecular complexity index is 1150. The van der Waals surface area contributed by atoms with Crippen LogP contribution < -0.4 is 20.7 Å². The number of hydrogen-bond acceptors (Lipinski definition) is 5. The number of methoxy groups -OCH3 is 1. The zero-order valence-electron chi connectivity index (χ0n) is 18.5. The van der Waals surface area contributed by atoms with Gasteiger partial charge in [-0.15, -0.1) is 11.8 Å². The van der Waals surface area contributed by atoms with E-state index in [4.69, 9.17) is 4.74 Å². The summed E-state index contributed by atoms with van der Waals surface area (Å²) in [6.45, 7) is 0. The molecule has 1 saturated heterocycles. The highest BCUT2D eigenvalue weighted by Gasteiger charge is 2.35. The first-order chi connectivity index (χ1) is 16.5. The number of benzene rings is 3. The smallest absolute Gasteiger partial charge is 0.323 e. The molecule has 1 aliphatic heterocycles. The van der Waals surface area contributed by atoms with Crippen LogP contribution in [0.1, 0.15) is 10.4 Å². The highest BCUT2D eigenvalue weighted by molar-refractivity contribution is 7.99. The normalized spacial score (nSPS) is 14.9. The van der Waals surface area contributed by atoms with Crippen LogP contribution in [-0.4, -0.2) is 47.5 Å². The standard InChI is InChI=1S/C25H24N4O4S/c1-33-21-13-11-19(12-14-21)26-23(30)22-15-34-16-29(22)24(31)17-7-9-20(10-8-17)28-25(32)27-18-5-3-2-4-6-18/h2-14,22H,15-16H2,1H3,(H,26,30)(H2,27,28,32). The van der Waals surface area contributed by atoms with Crippen LogP contribution in [0.25, 0.3) is 0 Å². The molecule has 0 radical (unpaired) electrons. The number of anilines is 3. The zero-order valence-corrected chi connectivity index (χ0v) is 19.3. The van der Waals surface area contributed by atoms with Gasteiger partial charge >= 0.3 is 6.03 Å². The van der Waals surface area contributed by atoms with Crippen LogP contribution in [0.2, 0.25) is 0 Å². The predicted molar refractivity (Wildman–Crippen MR) is 134 cm³/mol. The van der Waals surface area contributed by atoms with Gasteiger partial charge in [-0.25, -0.2) is 4.79 Å². The number of para-hydroxylation sites is 1. The molecular weight excluding hydrogens is 452 g/mol. The first-order valence-corrected chi connectivity index (χ1v) is 11.8. The number of rotatable bonds is 6. The van der Waals surface area contributed by atoms with Gasteiger partial charge < -0.3 is 25.6 Å². The van der Waals surface area contributed by atoms with Gasteiger partial charge in [-0.1, -0.05) is 18.2 Å². The second-order valence-electron chi connectivity index (χ2n) is 7.53. The van der Waals surface area contributed by atoms with Crippen LogP contribution in [0, 0.1) is 0 Å². The largest absolute Gasteiger partial charge is 0.497 e. The Morgan fingerprint density at radius 1 is 0.824 bits per heavy atom. The number of carbonyl (C=O) groups is 3. The summed E-state index contributed by atoms with van der Waals surface area (Å²) >= 11 is 1.53. The maximum atomic E-state index is 13.1. The SMILES string of the molecule is COc1ccc(NC(=O)C2CSCN2C(=O)c2ccc(NC(=O)Nc3ccccc3)cc2)cc1. The first-order valence-electron chi connectivity index (χ1n) is 10.6. The molecule has 3 N–H and O–H groups in total. The van der Waals surface area contributed by atoms with Gasteiger partial charge in [-0.3, -0.25) is 9.59 Å². The summed E-state index contributed by atoms with van der Waals surface area (Å²) in [4.78, 5) is 39.7. The molecule has 8 nitrogen and oxygen atoms in total. The van der Waals surface area contributed by atoms with Crippen LogP contribution >= 0.6 is 11.8 Å². The zero-order chi connectivity index (χ0) is 23.9. The Balaban J connectivity index is 1.36. The lowest BCUT2D eigenvalue weighted by atomic mass is 10.1. The number of hydrogen-bond donors (Lipinski definition) is 3. The third-order valence-electron chi connectivity index (χ3n) is 5.22. The molecule has 0 spiro atoms. The molecule has 4 amide bonds. The molecule has 3 aromatic rings. The second kappa shape index (κ2) is 10.8. The van der Waals surface area contributed by atoms with Gasteiger partial charge in [0.05, 0.1) is 13.0 Å². The molecule has 4 rings (SSSR count). The molecule has 1 atom stereocenters. The van der Waals surface area contributed by atoms with Gasteiger partial charge in [0.1, 0.15) is 11.8 Å². The molecule has 1 heterocycles. The molecule has 34 heavy (non-hydrogen) atoms. The Labute approximate surface area is 201 Å². The average molecular weight is 477 g/mol. The first kappa shape index (κ1) is 23.2. The van der Waals surface area contributed by atoms with E-state index >= 15 is 0 Å². The second-order valence-corrected chi connectivity index (χ2v) is 8.53. The van der Waals surface area contributed by atoms with Crippen molar-refractivity contribution < 1.29 is 19.1 Å². The molecular formula is C25H24N4O4S. The minimum atomic E-state index is -0.575. The molecule has 3 aromatic carbocycles. The summed E-state index contributed by atoms with van der Waals surface area (Å²) in [5.74, 6) is 1.17. The molecule has 1 unspecified atom stereocenters. The third kappa shape index (κ3) is 5.68. The van der Waals surface area contributed by atoms with E-state index in [0.29, 0.717) is 40.0 Å². The minimum Gasteiger partial charge on any atom is -0.497 e. The van der Waals surface area contributed by atoms with Crippen molar-refractivity contribution in [2.45, 2.75) is 6.04 Å². The van der Waals surface area contributed by atoms with Crippen molar-refractivity contribution >= 4 is 46.7 Å². The van der Waals surface area contributed by atoms with Gasteiger partial charge in [-0.2, -0.15) is 0 Å². The van der Waals surface area contributed by atoms with Gasteiger partial charge in [0, 0.05) is 28.4 Å². The lowest BCUT2D eigenvalue weighted by Crippen LogP contribution is -2.44. The summed E-state index contributed by atoms with van der Waals surface area (Å²) in [6.07, 6.45) is 0. The molecule has 9 heteroatoms. The monoisotopic (exact) mass is 476 g/mol. The molecule has 174 valence electrons. The van der Waals surface area contributed by atoms with E-state index < -0.39 is 6.04 Å². The Morgan fingerprint density at radius 2 is 1.41 bits per heavy atom. The van der Waals surface area contributed by atoms with Gasteiger partial charge in [0.15, 0.2) is 0 Å². The van der Waals surface area contributed by atoms with Crippen molar-refractivity contribution in [3.05, 3.63) is 84.4 Å². The van der Waals surface area contributed by atoms with Crippen molar-refractivity contribution in [2.24, 2.45) is 0 Å². The fraction of sp³-hybridized carbons (Fsp3) is 0.160.